The highest BCUT2D eigenvalue weighted by Gasteiger charge is 2.34. The number of para-hydroxylation sites is 1. The van der Waals surface area contributed by atoms with Crippen LogP contribution in [0.15, 0.2) is 41.5 Å². The van der Waals surface area contributed by atoms with Gasteiger partial charge in [0.1, 0.15) is 5.75 Å². The smallest absolute Gasteiger partial charge is 0.275 e. The second kappa shape index (κ2) is 4.88. The summed E-state index contributed by atoms with van der Waals surface area (Å²) in [6, 6.07) is 6.44. The molecule has 2 N–H and O–H groups in total. The second-order valence-corrected chi connectivity index (χ2v) is 5.18. The lowest BCUT2D eigenvalue weighted by Crippen LogP contribution is -2.19. The highest BCUT2D eigenvalue weighted by atomic mass is 16.3. The number of hydrogen-bond acceptors (Lipinski definition) is 3. The van der Waals surface area contributed by atoms with Crippen molar-refractivity contribution in [1.29, 1.82) is 0 Å². The van der Waals surface area contributed by atoms with Gasteiger partial charge in [-0.3, -0.25) is 4.79 Å². The lowest BCUT2D eigenvalue weighted by atomic mass is 9.95. The van der Waals surface area contributed by atoms with Gasteiger partial charge >= 0.3 is 0 Å². The van der Waals surface area contributed by atoms with Gasteiger partial charge in [0.15, 0.2) is 0 Å². The summed E-state index contributed by atoms with van der Waals surface area (Å²) in [5.41, 5.74) is 2.72. The highest BCUT2D eigenvalue weighted by molar-refractivity contribution is 5.96. The number of benzene rings is 1. The van der Waals surface area contributed by atoms with Crippen molar-refractivity contribution < 1.29 is 9.90 Å². The third kappa shape index (κ3) is 2.38. The molecule has 1 fully saturated rings. The Morgan fingerprint density at radius 3 is 2.84 bits per heavy atom. The van der Waals surface area contributed by atoms with E-state index >= 15 is 0 Å². The second-order valence-electron chi connectivity index (χ2n) is 5.18. The number of nitrogens with one attached hydrogen (secondary N) is 1. The van der Waals surface area contributed by atoms with Crippen LogP contribution in [0.3, 0.4) is 0 Å². The molecule has 2 aliphatic rings. The first-order valence-electron chi connectivity index (χ1n) is 6.54. The van der Waals surface area contributed by atoms with E-state index in [1.165, 1.54) is 12.5 Å². The maximum atomic E-state index is 11.8. The topological polar surface area (TPSA) is 61.7 Å². The van der Waals surface area contributed by atoms with Crippen LogP contribution in [0.2, 0.25) is 0 Å². The van der Waals surface area contributed by atoms with E-state index in [0.29, 0.717) is 17.8 Å². The molecule has 0 unspecified atom stereocenters. The van der Waals surface area contributed by atoms with Crippen LogP contribution in [0.5, 0.6) is 5.75 Å². The molecule has 0 radical (unpaired) electrons. The van der Waals surface area contributed by atoms with E-state index in [4.69, 9.17) is 0 Å². The van der Waals surface area contributed by atoms with E-state index in [0.717, 1.165) is 6.42 Å². The zero-order valence-corrected chi connectivity index (χ0v) is 10.5. The minimum absolute atomic E-state index is 0.0296. The van der Waals surface area contributed by atoms with Gasteiger partial charge in [-0.05, 0) is 36.8 Å². The molecule has 0 saturated heterocycles. The maximum absolute atomic E-state index is 11.8. The molecule has 19 heavy (non-hydrogen) atoms. The molecular formula is C15H16N2O2. The van der Waals surface area contributed by atoms with E-state index in [-0.39, 0.29) is 17.2 Å². The van der Waals surface area contributed by atoms with E-state index in [1.807, 2.05) is 6.21 Å². The molecular weight excluding hydrogens is 240 g/mol. The van der Waals surface area contributed by atoms with Crippen LogP contribution in [-0.4, -0.2) is 17.2 Å². The largest absolute Gasteiger partial charge is 0.507 e. The molecule has 4 nitrogen and oxygen atoms in total. The molecule has 0 spiro atoms. The molecule has 4 heteroatoms. The van der Waals surface area contributed by atoms with Crippen molar-refractivity contribution in [3.8, 4) is 5.75 Å². The maximum Gasteiger partial charge on any atom is 0.275 e. The van der Waals surface area contributed by atoms with Gasteiger partial charge in [-0.15, -0.1) is 0 Å². The number of phenolic OH excluding ortho intramolecular Hbond substituents is 1. The highest BCUT2D eigenvalue weighted by Crippen LogP contribution is 2.42. The van der Waals surface area contributed by atoms with Crippen LogP contribution in [0.4, 0.5) is 0 Å². The van der Waals surface area contributed by atoms with E-state index in [2.05, 4.69) is 22.7 Å². The molecule has 2 bridgehead atoms. The summed E-state index contributed by atoms with van der Waals surface area (Å²) >= 11 is 0. The molecule has 0 heterocycles. The number of allylic oxidation sites excluding steroid dienone is 2. The van der Waals surface area contributed by atoms with Gasteiger partial charge in [-0.1, -0.05) is 24.3 Å². The van der Waals surface area contributed by atoms with E-state index in [9.17, 15) is 9.90 Å². The molecule has 1 aromatic rings. The van der Waals surface area contributed by atoms with Crippen molar-refractivity contribution in [2.75, 3.05) is 0 Å². The minimum atomic E-state index is -0.381. The minimum Gasteiger partial charge on any atom is -0.507 e. The van der Waals surface area contributed by atoms with E-state index < -0.39 is 0 Å². The summed E-state index contributed by atoms with van der Waals surface area (Å²) in [7, 11) is 0. The number of phenols is 1. The number of fused-ring (bicyclic) bond motifs is 2. The lowest BCUT2D eigenvalue weighted by molar-refractivity contribution is 0.0952. The molecule has 0 aromatic heterocycles. The fraction of sp³-hybridized carbons (Fsp3) is 0.333. The molecule has 1 amide bonds. The fourth-order valence-corrected chi connectivity index (χ4v) is 2.91. The summed E-state index contributed by atoms with van der Waals surface area (Å²) < 4.78 is 0. The van der Waals surface area contributed by atoms with Gasteiger partial charge in [0.2, 0.25) is 0 Å². The number of amides is 1. The first-order chi connectivity index (χ1) is 9.24. The predicted octanol–water partition coefficient (Wildman–Crippen LogP) is 2.32. The summed E-state index contributed by atoms with van der Waals surface area (Å²) in [6.07, 6.45) is 8.68. The number of hydrazone groups is 1. The van der Waals surface area contributed by atoms with Gasteiger partial charge in [0.25, 0.3) is 5.91 Å². The standard InChI is InChI=1S/C15H16N2O2/c18-14-4-2-1-3-13(14)15(19)17-16-9-12-8-10-5-6-11(12)7-10/h1-6,9-12,18H,7-8H2,(H,17,19)/b16-9-/t10-,11+,12+/m1/s1. The van der Waals surface area contributed by atoms with Gasteiger partial charge in [0, 0.05) is 12.1 Å². The Bertz CT molecular complexity index is 551. The zero-order chi connectivity index (χ0) is 13.2. The van der Waals surface area contributed by atoms with Crippen molar-refractivity contribution in [3.63, 3.8) is 0 Å². The van der Waals surface area contributed by atoms with Crippen LogP contribution in [0, 0.1) is 17.8 Å². The summed E-state index contributed by atoms with van der Waals surface area (Å²) in [4.78, 5) is 11.8. The molecule has 1 aromatic carbocycles. The Balaban J connectivity index is 1.59. The van der Waals surface area contributed by atoms with Crippen LogP contribution in [0.1, 0.15) is 23.2 Å². The first kappa shape index (κ1) is 12.0. The summed E-state index contributed by atoms with van der Waals surface area (Å²) in [5.74, 6) is 1.29. The van der Waals surface area contributed by atoms with Crippen molar-refractivity contribution >= 4 is 12.1 Å². The number of hydrogen-bond donors (Lipinski definition) is 2. The molecule has 3 rings (SSSR count). The normalized spacial score (nSPS) is 28.1. The Labute approximate surface area is 111 Å². The number of aromatic hydroxyl groups is 1. The number of rotatable bonds is 3. The number of carbonyl (C=O) groups is 1. The number of nitrogens with zero attached hydrogens (tertiary/aromatic N) is 1. The third-order valence-electron chi connectivity index (χ3n) is 3.91. The van der Waals surface area contributed by atoms with Crippen LogP contribution in [-0.2, 0) is 0 Å². The zero-order valence-electron chi connectivity index (χ0n) is 10.5. The van der Waals surface area contributed by atoms with Crippen molar-refractivity contribution in [1.82, 2.24) is 5.43 Å². The third-order valence-corrected chi connectivity index (χ3v) is 3.91. The Kier molecular flexibility index (Phi) is 3.07. The SMILES string of the molecule is O=C(N/N=C\[C@@H]1C[C@@H]2C=C[C@H]1C2)c1ccccc1O. The van der Waals surface area contributed by atoms with Gasteiger partial charge in [-0.25, -0.2) is 5.43 Å². The summed E-state index contributed by atoms with van der Waals surface area (Å²) in [6.45, 7) is 0. The number of carbonyl (C=O) groups excluding carboxylic acids is 1. The summed E-state index contributed by atoms with van der Waals surface area (Å²) in [5, 5.41) is 13.6. The van der Waals surface area contributed by atoms with Crippen LogP contribution < -0.4 is 5.43 Å². The van der Waals surface area contributed by atoms with Crippen LogP contribution >= 0.6 is 0 Å². The molecule has 3 atom stereocenters. The Morgan fingerprint density at radius 2 is 2.16 bits per heavy atom. The van der Waals surface area contributed by atoms with Crippen molar-refractivity contribution in [2.24, 2.45) is 22.9 Å². The first-order valence-corrected chi connectivity index (χ1v) is 6.54. The van der Waals surface area contributed by atoms with E-state index in [1.54, 1.807) is 18.2 Å². The average molecular weight is 256 g/mol. The van der Waals surface area contributed by atoms with Gasteiger partial charge < -0.3 is 5.11 Å². The average Bonchev–Trinajstić information content (AvgIpc) is 3.01. The van der Waals surface area contributed by atoms with Gasteiger partial charge in [0.05, 0.1) is 5.56 Å². The Hall–Kier alpha value is -2.10. The fourth-order valence-electron chi connectivity index (χ4n) is 2.91. The lowest BCUT2D eigenvalue weighted by Gasteiger charge is -2.12. The molecule has 98 valence electrons. The molecule has 2 aliphatic carbocycles. The van der Waals surface area contributed by atoms with Crippen molar-refractivity contribution in [3.05, 3.63) is 42.0 Å². The molecule has 1 saturated carbocycles. The van der Waals surface area contributed by atoms with Gasteiger partial charge in [-0.2, -0.15) is 5.10 Å². The van der Waals surface area contributed by atoms with Crippen molar-refractivity contribution in [2.45, 2.75) is 12.8 Å². The molecule has 0 aliphatic heterocycles. The monoisotopic (exact) mass is 256 g/mol. The van der Waals surface area contributed by atoms with Crippen LogP contribution in [0.25, 0.3) is 0 Å². The predicted molar refractivity (Wildman–Crippen MR) is 72.9 cm³/mol. The Morgan fingerprint density at radius 1 is 1.32 bits per heavy atom. The quantitative estimate of drug-likeness (QED) is 0.495.